The number of aryl methyl sites for hydroxylation is 1. The van der Waals surface area contributed by atoms with Gasteiger partial charge in [-0.05, 0) is 66.9 Å². The number of aromatic amines is 1. The average Bonchev–Trinajstić information content (AvgIpc) is 3.30. The van der Waals surface area contributed by atoms with Crippen molar-refractivity contribution in [3.63, 3.8) is 0 Å². The number of hydrogen-bond acceptors (Lipinski definition) is 6. The summed E-state index contributed by atoms with van der Waals surface area (Å²) in [6.45, 7) is 4.02. The van der Waals surface area contributed by atoms with Crippen LogP contribution in [0.2, 0.25) is 0 Å². The van der Waals surface area contributed by atoms with Crippen molar-refractivity contribution in [2.45, 2.75) is 26.3 Å². The molecule has 1 atom stereocenters. The van der Waals surface area contributed by atoms with Crippen molar-refractivity contribution in [3.05, 3.63) is 89.1 Å². The van der Waals surface area contributed by atoms with E-state index in [2.05, 4.69) is 4.98 Å². The summed E-state index contributed by atoms with van der Waals surface area (Å²) in [6.07, 6.45) is 0.241. The summed E-state index contributed by atoms with van der Waals surface area (Å²) >= 11 is 0. The van der Waals surface area contributed by atoms with E-state index in [9.17, 15) is 15.0 Å². The number of nitrogen functional groups attached to an aromatic ring is 1. The second-order valence-electron chi connectivity index (χ2n) is 10.3. The molecule has 0 radical (unpaired) electrons. The monoisotopic (exact) mass is 515 g/mol. The van der Waals surface area contributed by atoms with E-state index in [1.807, 2.05) is 61.5 Å². The summed E-state index contributed by atoms with van der Waals surface area (Å²) in [5, 5.41) is 20.2. The highest BCUT2D eigenvalue weighted by Gasteiger charge is 2.36. The molecule has 1 aliphatic heterocycles. The van der Waals surface area contributed by atoms with Gasteiger partial charge in [0, 0.05) is 34.2 Å². The molecule has 1 amide bonds. The number of hydrogen-bond donors (Lipinski definition) is 4. The number of nitrogens with zero attached hydrogens (tertiary/aromatic N) is 1. The number of benzene rings is 3. The Labute approximate surface area is 221 Å². The fourth-order valence-electron chi connectivity index (χ4n) is 4.76. The van der Waals surface area contributed by atoms with Crippen molar-refractivity contribution in [1.29, 1.82) is 0 Å². The lowest BCUT2D eigenvalue weighted by atomic mass is 9.92. The lowest BCUT2D eigenvalue weighted by Gasteiger charge is -2.35. The van der Waals surface area contributed by atoms with E-state index in [0.717, 1.165) is 33.3 Å². The normalized spacial score (nSPS) is 15.4. The zero-order chi connectivity index (χ0) is 26.9. The second-order valence-corrected chi connectivity index (χ2v) is 10.3. The third kappa shape index (κ3) is 5.05. The number of rotatable bonds is 7. The number of H-pyrrole nitrogens is 1. The van der Waals surface area contributed by atoms with Crippen LogP contribution in [0.25, 0.3) is 10.9 Å². The van der Waals surface area contributed by atoms with E-state index in [0.29, 0.717) is 30.2 Å². The molecule has 5 rings (SSSR count). The summed E-state index contributed by atoms with van der Waals surface area (Å²) in [5.74, 6) is 1.10. The van der Waals surface area contributed by atoms with E-state index in [4.69, 9.17) is 15.2 Å². The van der Waals surface area contributed by atoms with Crippen LogP contribution in [0, 0.1) is 12.3 Å². The molecule has 8 nitrogen and oxygen atoms in total. The van der Waals surface area contributed by atoms with Gasteiger partial charge in [0.1, 0.15) is 17.5 Å². The van der Waals surface area contributed by atoms with Crippen LogP contribution in [0.1, 0.15) is 35.3 Å². The number of nitrogens with two attached hydrogens (primary N) is 1. The van der Waals surface area contributed by atoms with Crippen LogP contribution in [0.15, 0.2) is 66.7 Å². The van der Waals surface area contributed by atoms with Crippen LogP contribution in [-0.2, 0) is 6.42 Å². The quantitative estimate of drug-likeness (QED) is 0.268. The Kier molecular flexibility index (Phi) is 7.01. The Morgan fingerprint density at radius 3 is 2.42 bits per heavy atom. The molecule has 8 heteroatoms. The Hall–Kier alpha value is -4.01. The first-order valence-electron chi connectivity index (χ1n) is 12.7. The Morgan fingerprint density at radius 1 is 1.05 bits per heavy atom. The van der Waals surface area contributed by atoms with Gasteiger partial charge in [0.15, 0.2) is 0 Å². The molecule has 0 spiro atoms. The minimum absolute atomic E-state index is 0.172. The molecule has 0 fully saturated rings. The van der Waals surface area contributed by atoms with Crippen molar-refractivity contribution in [2.75, 3.05) is 32.1 Å². The van der Waals surface area contributed by atoms with E-state index in [1.54, 1.807) is 24.0 Å². The summed E-state index contributed by atoms with van der Waals surface area (Å²) in [7, 11) is 0. The van der Waals surface area contributed by atoms with Gasteiger partial charge in [0.25, 0.3) is 0 Å². The van der Waals surface area contributed by atoms with Gasteiger partial charge in [-0.2, -0.15) is 0 Å². The molecular weight excluding hydrogens is 482 g/mol. The summed E-state index contributed by atoms with van der Waals surface area (Å²) < 4.78 is 11.6. The van der Waals surface area contributed by atoms with E-state index >= 15 is 0 Å². The van der Waals surface area contributed by atoms with Crippen LogP contribution < -0.4 is 15.2 Å². The van der Waals surface area contributed by atoms with Gasteiger partial charge in [0.2, 0.25) is 0 Å². The lowest BCUT2D eigenvalue weighted by Crippen LogP contribution is -2.42. The van der Waals surface area contributed by atoms with Gasteiger partial charge in [-0.1, -0.05) is 36.8 Å². The van der Waals surface area contributed by atoms with Crippen LogP contribution in [-0.4, -0.2) is 52.6 Å². The first-order chi connectivity index (χ1) is 18.3. The minimum atomic E-state index is -0.736. The number of nitrogens with one attached hydrogen (secondary N) is 1. The maximum Gasteiger partial charge on any atom is 0.416 e. The molecule has 38 heavy (non-hydrogen) atoms. The van der Waals surface area contributed by atoms with Gasteiger partial charge in [-0.3, -0.25) is 4.90 Å². The number of anilines is 1. The molecule has 0 bridgehead atoms. The minimum Gasteiger partial charge on any atom is -0.493 e. The van der Waals surface area contributed by atoms with Gasteiger partial charge in [-0.15, -0.1) is 0 Å². The van der Waals surface area contributed by atoms with Gasteiger partial charge in [-0.25, -0.2) is 4.79 Å². The van der Waals surface area contributed by atoms with Crippen molar-refractivity contribution >= 4 is 22.7 Å². The highest BCUT2D eigenvalue weighted by molar-refractivity contribution is 5.88. The number of aromatic nitrogens is 1. The predicted molar refractivity (Wildman–Crippen MR) is 146 cm³/mol. The molecule has 198 valence electrons. The molecule has 1 aliphatic rings. The van der Waals surface area contributed by atoms with Crippen LogP contribution in [0.3, 0.4) is 0 Å². The molecular formula is C30H33N3O5. The van der Waals surface area contributed by atoms with Gasteiger partial charge < -0.3 is 30.4 Å². The van der Waals surface area contributed by atoms with E-state index in [1.165, 1.54) is 0 Å². The molecule has 2 heterocycles. The van der Waals surface area contributed by atoms with Crippen molar-refractivity contribution in [2.24, 2.45) is 5.41 Å². The smallest absolute Gasteiger partial charge is 0.416 e. The first-order valence-corrected chi connectivity index (χ1v) is 12.7. The van der Waals surface area contributed by atoms with E-state index < -0.39 is 17.6 Å². The van der Waals surface area contributed by atoms with E-state index in [-0.39, 0.29) is 19.8 Å². The number of amides is 1. The standard InChI is InChI=1S/C30H33N3O5/c1-19-3-8-23(9-4-19)38-29(36)33-14-13-24-25-15-21(31)7-12-26(25)32-27(24)28(33)20-5-10-22(11-6-20)37-18-30(2,16-34)17-35/h3-12,15,28,32,34-35H,13-14,16-18,31H2,1-2H3/t28-/m0/s1. The second kappa shape index (κ2) is 10.4. The average molecular weight is 516 g/mol. The number of aliphatic hydroxyl groups excluding tert-OH is 2. The van der Waals surface area contributed by atoms with Crippen molar-refractivity contribution < 1.29 is 24.5 Å². The number of carbonyl (C=O) groups is 1. The first kappa shape index (κ1) is 25.6. The molecule has 0 saturated carbocycles. The maximum absolute atomic E-state index is 13.5. The number of aliphatic hydroxyl groups is 2. The van der Waals surface area contributed by atoms with Crippen LogP contribution >= 0.6 is 0 Å². The molecule has 0 aliphatic carbocycles. The summed E-state index contributed by atoms with van der Waals surface area (Å²) in [4.78, 5) is 18.7. The largest absolute Gasteiger partial charge is 0.493 e. The van der Waals surface area contributed by atoms with Crippen molar-refractivity contribution in [3.8, 4) is 11.5 Å². The van der Waals surface area contributed by atoms with Gasteiger partial charge in [0.05, 0.1) is 19.8 Å². The van der Waals surface area contributed by atoms with Crippen LogP contribution in [0.4, 0.5) is 10.5 Å². The topological polar surface area (TPSA) is 121 Å². The summed E-state index contributed by atoms with van der Waals surface area (Å²) in [6, 6.07) is 20.3. The molecule has 3 aromatic carbocycles. The SMILES string of the molecule is Cc1ccc(OC(=O)N2CCc3c([nH]c4ccc(N)cc34)[C@@H]2c2ccc(OCC(C)(CO)CO)cc2)cc1. The zero-order valence-electron chi connectivity index (χ0n) is 21.6. The Morgan fingerprint density at radius 2 is 1.74 bits per heavy atom. The fourth-order valence-corrected chi connectivity index (χ4v) is 4.76. The Bertz CT molecular complexity index is 1430. The molecule has 4 aromatic rings. The zero-order valence-corrected chi connectivity index (χ0v) is 21.6. The third-order valence-corrected chi connectivity index (χ3v) is 7.16. The molecule has 5 N–H and O–H groups in total. The highest BCUT2D eigenvalue weighted by atomic mass is 16.6. The molecule has 0 saturated heterocycles. The number of fused-ring (bicyclic) bond motifs is 3. The molecule has 0 unspecified atom stereocenters. The third-order valence-electron chi connectivity index (χ3n) is 7.16. The summed E-state index contributed by atoms with van der Waals surface area (Å²) in [5.41, 5.74) is 11.1. The highest BCUT2D eigenvalue weighted by Crippen LogP contribution is 2.40. The predicted octanol–water partition coefficient (Wildman–Crippen LogP) is 4.57. The maximum atomic E-state index is 13.5. The molecule has 1 aromatic heterocycles. The Balaban J connectivity index is 1.48. The van der Waals surface area contributed by atoms with Crippen molar-refractivity contribution in [1.82, 2.24) is 9.88 Å². The number of carbonyl (C=O) groups excluding carboxylic acids is 1. The lowest BCUT2D eigenvalue weighted by molar-refractivity contribution is 0.0287. The number of ether oxygens (including phenoxy) is 2. The fraction of sp³-hybridized carbons (Fsp3) is 0.300. The van der Waals surface area contributed by atoms with Gasteiger partial charge >= 0.3 is 6.09 Å². The van der Waals surface area contributed by atoms with Crippen LogP contribution in [0.5, 0.6) is 11.5 Å².